The van der Waals surface area contributed by atoms with Gasteiger partial charge in [-0.2, -0.15) is 0 Å². The minimum atomic E-state index is -1.67. The Bertz CT molecular complexity index is 1220. The van der Waals surface area contributed by atoms with Crippen LogP contribution in [-0.4, -0.2) is 110 Å². The third-order valence-electron chi connectivity index (χ3n) is 15.0. The van der Waals surface area contributed by atoms with Crippen molar-refractivity contribution in [1.82, 2.24) is 5.32 Å². The molecule has 0 aromatic rings. The van der Waals surface area contributed by atoms with E-state index >= 15 is 0 Å². The maximum absolute atomic E-state index is 13.1. The fourth-order valence-corrected chi connectivity index (χ4v) is 9.99. The van der Waals surface area contributed by atoms with E-state index in [-0.39, 0.29) is 12.8 Å². The molecule has 1 fully saturated rings. The molecule has 9 atom stereocenters. The minimum Gasteiger partial charge on any atom is -0.394 e. The number of allylic oxidation sites excluding steroid dienone is 4. The molecule has 11 heteroatoms. The van der Waals surface area contributed by atoms with E-state index in [0.717, 1.165) is 38.5 Å². The largest absolute Gasteiger partial charge is 0.394 e. The Balaban J connectivity index is 2.25. The highest BCUT2D eigenvalue weighted by Crippen LogP contribution is 2.23. The van der Waals surface area contributed by atoms with Gasteiger partial charge in [-0.3, -0.25) is 4.79 Å². The molecule has 1 saturated heterocycles. The predicted molar refractivity (Wildman–Crippen MR) is 298 cm³/mol. The molecule has 11 nitrogen and oxygen atoms in total. The summed E-state index contributed by atoms with van der Waals surface area (Å²) in [6.45, 7) is 3.46. The van der Waals surface area contributed by atoms with E-state index in [1.807, 2.05) is 0 Å². The number of aliphatic hydroxyl groups excluding tert-OH is 7. The molecule has 9 unspecified atom stereocenters. The zero-order valence-electron chi connectivity index (χ0n) is 46.7. The average molecular weight is 1020 g/mol. The molecule has 0 aromatic heterocycles. The molecule has 0 radical (unpaired) electrons. The van der Waals surface area contributed by atoms with Crippen LogP contribution in [0.25, 0.3) is 0 Å². The lowest BCUT2D eigenvalue weighted by Gasteiger charge is -2.40. The monoisotopic (exact) mass is 1020 g/mol. The van der Waals surface area contributed by atoms with E-state index in [2.05, 4.69) is 43.5 Å². The first-order chi connectivity index (χ1) is 35.2. The number of hydrogen-bond donors (Lipinski definition) is 8. The Morgan fingerprint density at radius 1 is 0.472 bits per heavy atom. The van der Waals surface area contributed by atoms with Crippen molar-refractivity contribution in [2.75, 3.05) is 13.2 Å². The number of unbranched alkanes of at least 4 members (excludes halogenated alkanes) is 37. The fourth-order valence-electron chi connectivity index (χ4n) is 9.99. The summed E-state index contributed by atoms with van der Waals surface area (Å²) in [6, 6.07) is -1.19. The maximum atomic E-state index is 13.1. The summed E-state index contributed by atoms with van der Waals surface area (Å²) in [4.78, 5) is 13.1. The second-order valence-electron chi connectivity index (χ2n) is 21.8. The van der Waals surface area contributed by atoms with E-state index in [0.29, 0.717) is 19.3 Å². The second kappa shape index (κ2) is 50.4. The normalized spacial score (nSPS) is 20.2. The topological polar surface area (TPSA) is 189 Å². The number of carbonyl (C=O) groups excluding carboxylic acids is 1. The smallest absolute Gasteiger partial charge is 0.249 e. The molecule has 8 N–H and O–H groups in total. The van der Waals surface area contributed by atoms with Crippen LogP contribution >= 0.6 is 0 Å². The van der Waals surface area contributed by atoms with Gasteiger partial charge in [0, 0.05) is 0 Å². The first-order valence-corrected chi connectivity index (χ1v) is 30.7. The molecule has 0 spiro atoms. The fraction of sp³-hybridized carbons (Fsp3) is 0.918. The molecular weight excluding hydrogens is 907 g/mol. The quantitative estimate of drug-likeness (QED) is 0.0215. The highest BCUT2D eigenvalue weighted by Gasteiger charge is 2.44. The van der Waals surface area contributed by atoms with Crippen molar-refractivity contribution in [3.63, 3.8) is 0 Å². The van der Waals surface area contributed by atoms with Crippen molar-refractivity contribution in [1.29, 1.82) is 0 Å². The number of nitrogens with one attached hydrogen (secondary N) is 1. The van der Waals surface area contributed by atoms with Crippen LogP contribution in [-0.2, 0) is 14.3 Å². The van der Waals surface area contributed by atoms with Gasteiger partial charge in [-0.05, 0) is 51.4 Å². The Labute approximate surface area is 442 Å². The van der Waals surface area contributed by atoms with E-state index in [1.54, 1.807) is 0 Å². The summed E-state index contributed by atoms with van der Waals surface area (Å²) in [5.41, 5.74) is 0. The average Bonchev–Trinajstić information content (AvgIpc) is 3.38. The molecule has 0 bridgehead atoms. The Morgan fingerprint density at radius 3 is 1.24 bits per heavy atom. The van der Waals surface area contributed by atoms with Crippen molar-refractivity contribution >= 4 is 5.91 Å². The SMILES string of the molecule is CCCCCCCCCCCCCCCCCCCCCCCC/C=C/CC/C=C/CCCC(O)C(O)C(COC1OC(CO)C(O)C(O)C1O)NC(=O)C(O)CCCCCCCCCCCCCCCC. The highest BCUT2D eigenvalue weighted by atomic mass is 16.7. The lowest BCUT2D eigenvalue weighted by atomic mass is 9.98. The van der Waals surface area contributed by atoms with Crippen molar-refractivity contribution in [3.05, 3.63) is 24.3 Å². The summed E-state index contributed by atoms with van der Waals surface area (Å²) in [5, 5.41) is 76.1. The van der Waals surface area contributed by atoms with Gasteiger partial charge in [-0.1, -0.05) is 263 Å². The number of rotatable bonds is 53. The van der Waals surface area contributed by atoms with Crippen LogP contribution in [0.15, 0.2) is 24.3 Å². The molecule has 1 rings (SSSR count). The minimum absolute atomic E-state index is 0.249. The molecule has 0 aromatic carbocycles. The number of aliphatic hydroxyl groups is 7. The van der Waals surface area contributed by atoms with E-state index in [4.69, 9.17) is 9.47 Å². The van der Waals surface area contributed by atoms with Gasteiger partial charge in [0.2, 0.25) is 5.91 Å². The predicted octanol–water partition coefficient (Wildman–Crippen LogP) is 13.3. The first-order valence-electron chi connectivity index (χ1n) is 30.7. The van der Waals surface area contributed by atoms with Crippen LogP contribution in [0.2, 0.25) is 0 Å². The molecule has 1 aliphatic heterocycles. The molecule has 1 aliphatic rings. The lowest BCUT2D eigenvalue weighted by Crippen LogP contribution is -2.60. The van der Waals surface area contributed by atoms with Crippen LogP contribution in [0, 0.1) is 0 Å². The summed E-state index contributed by atoms with van der Waals surface area (Å²) in [5.74, 6) is -0.707. The molecule has 0 saturated carbocycles. The van der Waals surface area contributed by atoms with E-state index in [1.165, 1.54) is 205 Å². The third-order valence-corrected chi connectivity index (χ3v) is 15.0. The summed E-state index contributed by atoms with van der Waals surface area (Å²) in [6.07, 6.45) is 49.8. The highest BCUT2D eigenvalue weighted by molar-refractivity contribution is 5.80. The number of ether oxygens (including phenoxy) is 2. The van der Waals surface area contributed by atoms with Gasteiger partial charge in [-0.15, -0.1) is 0 Å². The lowest BCUT2D eigenvalue weighted by molar-refractivity contribution is -0.303. The molecule has 1 heterocycles. The third kappa shape index (κ3) is 38.2. The van der Waals surface area contributed by atoms with Crippen molar-refractivity contribution in [2.45, 2.75) is 345 Å². The van der Waals surface area contributed by atoms with Crippen LogP contribution in [0.4, 0.5) is 0 Å². The van der Waals surface area contributed by atoms with E-state index < -0.39 is 74.2 Å². The maximum Gasteiger partial charge on any atom is 0.249 e. The van der Waals surface area contributed by atoms with Crippen molar-refractivity contribution in [2.24, 2.45) is 0 Å². The van der Waals surface area contributed by atoms with Gasteiger partial charge in [0.15, 0.2) is 6.29 Å². The van der Waals surface area contributed by atoms with Gasteiger partial charge in [0.25, 0.3) is 0 Å². The molecule has 426 valence electrons. The van der Waals surface area contributed by atoms with Crippen molar-refractivity contribution in [3.8, 4) is 0 Å². The van der Waals surface area contributed by atoms with Gasteiger partial charge >= 0.3 is 0 Å². The van der Waals surface area contributed by atoms with Gasteiger partial charge in [0.1, 0.15) is 36.6 Å². The summed E-state index contributed by atoms with van der Waals surface area (Å²) < 4.78 is 11.1. The molecule has 72 heavy (non-hydrogen) atoms. The van der Waals surface area contributed by atoms with E-state index in [9.17, 15) is 40.5 Å². The Morgan fingerprint density at radius 2 is 0.833 bits per heavy atom. The van der Waals surface area contributed by atoms with Gasteiger partial charge in [-0.25, -0.2) is 0 Å². The molecular formula is C61H117NO10. The molecule has 0 aliphatic carbocycles. The standard InChI is InChI=1S/C61H117NO10/c1-3-5-7-9-11-13-15-17-19-20-21-22-23-24-25-26-27-28-29-30-31-32-33-34-35-37-38-40-42-44-46-48-53(64)56(66)52(51-71-61-59(69)58(68)57(67)55(50-63)72-61)62-60(70)54(65)49-47-45-43-41-39-36-18-16-14-12-10-8-6-4-2/h34-35,40,42,52-59,61,63-69H,3-33,36-39,41,43-51H2,1-2H3,(H,62,70)/b35-34+,42-40+. The zero-order chi connectivity index (χ0) is 52.5. The second-order valence-corrected chi connectivity index (χ2v) is 21.8. The van der Waals surface area contributed by atoms with Crippen LogP contribution in [0.5, 0.6) is 0 Å². The van der Waals surface area contributed by atoms with Crippen LogP contribution < -0.4 is 5.32 Å². The van der Waals surface area contributed by atoms with Crippen molar-refractivity contribution < 1.29 is 50.0 Å². The zero-order valence-corrected chi connectivity index (χ0v) is 46.7. The Kier molecular flexibility index (Phi) is 48.0. The van der Waals surface area contributed by atoms with Crippen LogP contribution in [0.1, 0.15) is 290 Å². The van der Waals surface area contributed by atoms with Crippen LogP contribution in [0.3, 0.4) is 0 Å². The molecule has 1 amide bonds. The number of hydrogen-bond acceptors (Lipinski definition) is 10. The first kappa shape index (κ1) is 68.6. The van der Waals surface area contributed by atoms with Gasteiger partial charge < -0.3 is 50.5 Å². The Hall–Kier alpha value is -1.41. The number of carbonyl (C=O) groups is 1. The summed E-state index contributed by atoms with van der Waals surface area (Å²) in [7, 11) is 0. The summed E-state index contributed by atoms with van der Waals surface area (Å²) >= 11 is 0. The van der Waals surface area contributed by atoms with Gasteiger partial charge in [0.05, 0.1) is 25.4 Å². The number of amides is 1.